The van der Waals surface area contributed by atoms with Crippen molar-refractivity contribution in [3.8, 4) is 0 Å². The molecular formula is C16H17N3O2S. The fourth-order valence-electron chi connectivity index (χ4n) is 3.54. The van der Waals surface area contributed by atoms with E-state index in [2.05, 4.69) is 16.0 Å². The Morgan fingerprint density at radius 3 is 2.95 bits per heavy atom. The number of carbonyl (C=O) groups excluding carboxylic acids is 2. The lowest BCUT2D eigenvalue weighted by molar-refractivity contribution is -0.105. The summed E-state index contributed by atoms with van der Waals surface area (Å²) in [4.78, 5) is 23.0. The fourth-order valence-corrected chi connectivity index (χ4v) is 4.50. The number of rotatable bonds is 4. The molecule has 2 amide bonds. The van der Waals surface area contributed by atoms with Gasteiger partial charge in [-0.25, -0.2) is 0 Å². The summed E-state index contributed by atoms with van der Waals surface area (Å²) in [5, 5.41) is 11.2. The first-order chi connectivity index (χ1) is 10.7. The van der Waals surface area contributed by atoms with Gasteiger partial charge in [-0.2, -0.15) is 0 Å². The second kappa shape index (κ2) is 5.37. The first kappa shape index (κ1) is 13.7. The van der Waals surface area contributed by atoms with E-state index in [9.17, 15) is 9.59 Å². The van der Waals surface area contributed by atoms with Crippen molar-refractivity contribution >= 4 is 38.7 Å². The number of hydrogen-bond donors (Lipinski definition) is 3. The molecular weight excluding hydrogens is 298 g/mol. The molecule has 0 spiro atoms. The maximum Gasteiger partial charge on any atom is 0.251 e. The molecule has 3 N–H and O–H groups in total. The van der Waals surface area contributed by atoms with Gasteiger partial charge in [-0.3, -0.25) is 9.59 Å². The van der Waals surface area contributed by atoms with Crippen LogP contribution in [0.2, 0.25) is 0 Å². The van der Waals surface area contributed by atoms with E-state index < -0.39 is 0 Å². The third-order valence-corrected chi connectivity index (χ3v) is 5.63. The van der Waals surface area contributed by atoms with E-state index in [1.165, 1.54) is 17.8 Å². The van der Waals surface area contributed by atoms with Crippen molar-refractivity contribution in [2.24, 2.45) is 0 Å². The molecule has 0 radical (unpaired) electrons. The lowest BCUT2D eigenvalue weighted by atomic mass is 9.95. The molecule has 3 heterocycles. The highest BCUT2D eigenvalue weighted by Crippen LogP contribution is 2.31. The molecule has 2 fully saturated rings. The molecule has 6 heteroatoms. The molecule has 3 atom stereocenters. The lowest BCUT2D eigenvalue weighted by Crippen LogP contribution is -2.42. The molecule has 1 aromatic carbocycles. The number of benzene rings is 1. The van der Waals surface area contributed by atoms with Gasteiger partial charge in [-0.15, -0.1) is 11.3 Å². The van der Waals surface area contributed by atoms with E-state index in [0.717, 1.165) is 27.9 Å². The molecule has 5 nitrogen and oxygen atoms in total. The zero-order valence-corrected chi connectivity index (χ0v) is 12.8. The molecule has 2 saturated heterocycles. The lowest BCUT2D eigenvalue weighted by Gasteiger charge is -2.21. The van der Waals surface area contributed by atoms with Gasteiger partial charge in [0.15, 0.2) is 0 Å². The first-order valence-electron chi connectivity index (χ1n) is 7.53. The van der Waals surface area contributed by atoms with Gasteiger partial charge in [0.05, 0.1) is 5.00 Å². The van der Waals surface area contributed by atoms with Crippen LogP contribution < -0.4 is 16.0 Å². The van der Waals surface area contributed by atoms with Gasteiger partial charge in [-0.05, 0) is 42.8 Å². The van der Waals surface area contributed by atoms with Crippen LogP contribution in [-0.2, 0) is 4.79 Å². The minimum absolute atomic E-state index is 0.0143. The van der Waals surface area contributed by atoms with Crippen molar-refractivity contribution in [3.63, 3.8) is 0 Å². The average molecular weight is 315 g/mol. The minimum atomic E-state index is -0.0143. The number of carbonyl (C=O) groups is 2. The molecule has 2 aliphatic rings. The number of thiophene rings is 1. The Morgan fingerprint density at radius 1 is 1.32 bits per heavy atom. The Morgan fingerprint density at radius 2 is 2.23 bits per heavy atom. The Labute approximate surface area is 132 Å². The predicted molar refractivity (Wildman–Crippen MR) is 87.3 cm³/mol. The highest BCUT2D eigenvalue weighted by atomic mass is 32.1. The quantitative estimate of drug-likeness (QED) is 0.757. The molecule has 2 aliphatic heterocycles. The van der Waals surface area contributed by atoms with Gasteiger partial charge in [-0.1, -0.05) is 6.07 Å². The van der Waals surface area contributed by atoms with Gasteiger partial charge in [0.25, 0.3) is 5.91 Å². The molecule has 114 valence electrons. The van der Waals surface area contributed by atoms with Crippen LogP contribution in [0.3, 0.4) is 0 Å². The number of hydrogen-bond acceptors (Lipinski definition) is 4. The maximum atomic E-state index is 12.4. The summed E-state index contributed by atoms with van der Waals surface area (Å²) < 4.78 is 1.00. The maximum absolute atomic E-state index is 12.4. The Hall–Kier alpha value is -1.92. The zero-order chi connectivity index (χ0) is 15.1. The topological polar surface area (TPSA) is 70.2 Å². The second-order valence-corrected chi connectivity index (χ2v) is 7.07. The third-order valence-electron chi connectivity index (χ3n) is 4.60. The summed E-state index contributed by atoms with van der Waals surface area (Å²) in [6.45, 7) is 0. The minimum Gasteiger partial charge on any atom is -0.348 e. The Balaban J connectivity index is 1.52. The summed E-state index contributed by atoms with van der Waals surface area (Å²) in [6, 6.07) is 8.83. The van der Waals surface area contributed by atoms with Crippen LogP contribution in [-0.4, -0.2) is 30.4 Å². The van der Waals surface area contributed by atoms with E-state index in [-0.39, 0.29) is 11.9 Å². The number of fused-ring (bicyclic) bond motifs is 3. The van der Waals surface area contributed by atoms with Crippen LogP contribution in [0.5, 0.6) is 0 Å². The standard InChI is InChI=1S/C16H17N3O2S/c20-8-17-15-6-9-1-2-10(5-14(9)22-15)16(21)19-13-7-11-3-4-12(13)18-11/h1-2,5-6,8,11-13,18H,3-4,7H2,(H,17,20)(H,19,21)/t11-,12+,13-/m1/s1. The highest BCUT2D eigenvalue weighted by Gasteiger charge is 2.39. The average Bonchev–Trinajstić information content (AvgIpc) is 3.20. The molecule has 1 aromatic heterocycles. The molecule has 4 rings (SSSR count). The number of nitrogens with one attached hydrogen (secondary N) is 3. The summed E-state index contributed by atoms with van der Waals surface area (Å²) in [7, 11) is 0. The number of amides is 2. The normalized spacial score (nSPS) is 26.3. The van der Waals surface area contributed by atoms with E-state index >= 15 is 0 Å². The van der Waals surface area contributed by atoms with Crippen molar-refractivity contribution in [3.05, 3.63) is 29.8 Å². The zero-order valence-electron chi connectivity index (χ0n) is 12.0. The SMILES string of the molecule is O=CNc1cc2ccc(C(=O)N[C@@H]3C[C@H]4CC[C@@H]3N4)cc2s1. The van der Waals surface area contributed by atoms with Gasteiger partial charge in [0.1, 0.15) is 0 Å². The highest BCUT2D eigenvalue weighted by molar-refractivity contribution is 7.22. The van der Waals surface area contributed by atoms with Crippen LogP contribution in [0.1, 0.15) is 29.6 Å². The largest absolute Gasteiger partial charge is 0.348 e. The molecule has 0 unspecified atom stereocenters. The fraction of sp³-hybridized carbons (Fsp3) is 0.375. The van der Waals surface area contributed by atoms with Crippen molar-refractivity contribution in [1.82, 2.24) is 10.6 Å². The van der Waals surface area contributed by atoms with Gasteiger partial charge < -0.3 is 16.0 Å². The van der Waals surface area contributed by atoms with Gasteiger partial charge >= 0.3 is 0 Å². The van der Waals surface area contributed by atoms with E-state index in [1.807, 2.05) is 24.3 Å². The number of anilines is 1. The van der Waals surface area contributed by atoms with E-state index in [1.54, 1.807) is 0 Å². The van der Waals surface area contributed by atoms with Gasteiger partial charge in [0.2, 0.25) is 6.41 Å². The van der Waals surface area contributed by atoms with Crippen LogP contribution >= 0.6 is 11.3 Å². The van der Waals surface area contributed by atoms with Crippen LogP contribution in [0, 0.1) is 0 Å². The molecule has 2 bridgehead atoms. The van der Waals surface area contributed by atoms with Crippen molar-refractivity contribution in [2.45, 2.75) is 37.4 Å². The van der Waals surface area contributed by atoms with E-state index in [0.29, 0.717) is 24.1 Å². The molecule has 0 aliphatic carbocycles. The van der Waals surface area contributed by atoms with E-state index in [4.69, 9.17) is 0 Å². The summed E-state index contributed by atoms with van der Waals surface area (Å²) in [5.41, 5.74) is 0.676. The molecule has 2 aromatic rings. The van der Waals surface area contributed by atoms with Crippen molar-refractivity contribution in [2.75, 3.05) is 5.32 Å². The second-order valence-electron chi connectivity index (χ2n) is 5.99. The smallest absolute Gasteiger partial charge is 0.251 e. The first-order valence-corrected chi connectivity index (χ1v) is 8.35. The van der Waals surface area contributed by atoms with Crippen molar-refractivity contribution < 1.29 is 9.59 Å². The summed E-state index contributed by atoms with van der Waals surface area (Å²) in [5.74, 6) is -0.0143. The molecule has 22 heavy (non-hydrogen) atoms. The van der Waals surface area contributed by atoms with Crippen molar-refractivity contribution in [1.29, 1.82) is 0 Å². The molecule has 0 saturated carbocycles. The Bertz CT molecular complexity index is 742. The monoisotopic (exact) mass is 315 g/mol. The predicted octanol–water partition coefficient (Wildman–Crippen LogP) is 2.09. The van der Waals surface area contributed by atoms with Gasteiger partial charge in [0, 0.05) is 28.4 Å². The van der Waals surface area contributed by atoms with Crippen LogP contribution in [0.15, 0.2) is 24.3 Å². The van der Waals surface area contributed by atoms with Crippen LogP contribution in [0.25, 0.3) is 10.1 Å². The Kier molecular flexibility index (Phi) is 3.35. The summed E-state index contributed by atoms with van der Waals surface area (Å²) >= 11 is 1.47. The third kappa shape index (κ3) is 2.38. The van der Waals surface area contributed by atoms with Crippen LogP contribution in [0.4, 0.5) is 5.00 Å². The summed E-state index contributed by atoms with van der Waals surface area (Å²) in [6.07, 6.45) is 4.08.